The molecule has 6 nitrogen and oxygen atoms in total. The lowest BCUT2D eigenvalue weighted by atomic mass is 9.78. The summed E-state index contributed by atoms with van der Waals surface area (Å²) in [5.74, 6) is -0.350. The van der Waals surface area contributed by atoms with Crippen LogP contribution in [0.1, 0.15) is 53.5 Å². The van der Waals surface area contributed by atoms with E-state index in [-0.39, 0.29) is 24.0 Å². The summed E-state index contributed by atoms with van der Waals surface area (Å²) in [7, 11) is 0. The fourth-order valence-corrected chi connectivity index (χ4v) is 4.03. The minimum atomic E-state index is -0.606. The monoisotopic (exact) mass is 357 g/mol. The fourth-order valence-electron chi connectivity index (χ4n) is 4.03. The molecule has 2 heterocycles. The number of hydrogen-bond acceptors (Lipinski definition) is 4. The molecule has 1 saturated carbocycles. The molecule has 1 amide bonds. The van der Waals surface area contributed by atoms with E-state index in [0.717, 1.165) is 25.7 Å². The average Bonchev–Trinajstić information content (AvgIpc) is 2.65. The number of hydrogen-bond donors (Lipinski definition) is 2. The van der Waals surface area contributed by atoms with E-state index in [1.54, 1.807) is 12.1 Å². The van der Waals surface area contributed by atoms with E-state index in [1.807, 2.05) is 0 Å². The Bertz CT molecular complexity index is 907. The highest BCUT2D eigenvalue weighted by molar-refractivity contribution is 5.94. The van der Waals surface area contributed by atoms with Crippen LogP contribution in [0.2, 0.25) is 0 Å². The normalized spacial score (nSPS) is 21.1. The van der Waals surface area contributed by atoms with Crippen LogP contribution < -0.4 is 10.9 Å². The van der Waals surface area contributed by atoms with Gasteiger partial charge in [-0.25, -0.2) is 9.37 Å². The lowest BCUT2D eigenvalue weighted by Crippen LogP contribution is -2.38. The molecule has 4 rings (SSSR count). The minimum Gasteiger partial charge on any atom is -0.501 e. The van der Waals surface area contributed by atoms with Gasteiger partial charge in [-0.15, -0.1) is 0 Å². The van der Waals surface area contributed by atoms with Crippen LogP contribution in [0.5, 0.6) is 5.75 Å². The summed E-state index contributed by atoms with van der Waals surface area (Å²) in [6.07, 6.45) is 4.11. The van der Waals surface area contributed by atoms with Crippen molar-refractivity contribution < 1.29 is 14.3 Å². The molecule has 7 heteroatoms. The molecule has 2 aromatic rings. The van der Waals surface area contributed by atoms with Gasteiger partial charge >= 0.3 is 0 Å². The molecule has 2 aliphatic rings. The van der Waals surface area contributed by atoms with Crippen molar-refractivity contribution in [1.82, 2.24) is 14.9 Å². The van der Waals surface area contributed by atoms with Gasteiger partial charge in [0.05, 0.1) is 0 Å². The first-order valence-corrected chi connectivity index (χ1v) is 8.89. The van der Waals surface area contributed by atoms with Gasteiger partial charge in [-0.2, -0.15) is 0 Å². The maximum atomic E-state index is 12.9. The minimum absolute atomic E-state index is 0.157. The van der Waals surface area contributed by atoms with Gasteiger partial charge in [0, 0.05) is 19.0 Å². The van der Waals surface area contributed by atoms with Gasteiger partial charge in [-0.05, 0) is 42.9 Å². The van der Waals surface area contributed by atoms with Crippen LogP contribution in [0, 0.1) is 11.7 Å². The van der Waals surface area contributed by atoms with E-state index < -0.39 is 17.2 Å². The van der Waals surface area contributed by atoms with Gasteiger partial charge in [-0.3, -0.25) is 14.2 Å². The number of benzene rings is 1. The van der Waals surface area contributed by atoms with Crippen molar-refractivity contribution in [3.63, 3.8) is 0 Å². The topological polar surface area (TPSA) is 84.2 Å². The number of fused-ring (bicyclic) bond motifs is 4. The zero-order valence-electron chi connectivity index (χ0n) is 14.2. The van der Waals surface area contributed by atoms with Crippen molar-refractivity contribution in [3.05, 3.63) is 57.5 Å². The number of rotatable bonds is 3. The van der Waals surface area contributed by atoms with Crippen molar-refractivity contribution in [2.45, 2.75) is 44.7 Å². The molecule has 0 radical (unpaired) electrons. The standard InChI is InChI=1S/C19H20FN3O3/c20-14-6-4-11(5-7-14)9-21-18(25)15-16(24)19(26)23-10-12-2-1-3-13(8-12)17(23)22-15/h4-7,12-13,24H,1-3,8-10H2,(H,21,25). The zero-order chi connectivity index (χ0) is 18.3. The van der Waals surface area contributed by atoms with E-state index in [1.165, 1.54) is 16.7 Å². The molecule has 2 bridgehead atoms. The highest BCUT2D eigenvalue weighted by Crippen LogP contribution is 2.40. The number of amides is 1. The first-order chi connectivity index (χ1) is 12.5. The summed E-state index contributed by atoms with van der Waals surface area (Å²) in [6, 6.07) is 5.74. The van der Waals surface area contributed by atoms with Crippen molar-refractivity contribution >= 4 is 5.91 Å². The summed E-state index contributed by atoms with van der Waals surface area (Å²) in [5.41, 5.74) is -0.0602. The number of halogens is 1. The third-order valence-corrected chi connectivity index (χ3v) is 5.35. The molecule has 0 spiro atoms. The molecule has 1 aliphatic heterocycles. The van der Waals surface area contributed by atoms with E-state index in [4.69, 9.17) is 0 Å². The Hall–Kier alpha value is -2.70. The third kappa shape index (κ3) is 2.98. The van der Waals surface area contributed by atoms with Crippen LogP contribution in [0.3, 0.4) is 0 Å². The van der Waals surface area contributed by atoms with Crippen molar-refractivity contribution in [1.29, 1.82) is 0 Å². The van der Waals surface area contributed by atoms with E-state index in [0.29, 0.717) is 23.9 Å². The summed E-state index contributed by atoms with van der Waals surface area (Å²) in [5, 5.41) is 12.8. The molecule has 136 valence electrons. The third-order valence-electron chi connectivity index (χ3n) is 5.35. The summed E-state index contributed by atoms with van der Waals surface area (Å²) in [4.78, 5) is 29.4. The number of aromatic hydroxyl groups is 1. The summed E-state index contributed by atoms with van der Waals surface area (Å²) < 4.78 is 14.5. The van der Waals surface area contributed by atoms with Gasteiger partial charge in [-0.1, -0.05) is 18.6 Å². The van der Waals surface area contributed by atoms with Crippen LogP contribution in [0.25, 0.3) is 0 Å². The molecule has 1 fully saturated rings. The maximum Gasteiger partial charge on any atom is 0.296 e. The van der Waals surface area contributed by atoms with Crippen molar-refractivity contribution in [3.8, 4) is 5.75 Å². The highest BCUT2D eigenvalue weighted by atomic mass is 19.1. The van der Waals surface area contributed by atoms with Gasteiger partial charge < -0.3 is 10.4 Å². The van der Waals surface area contributed by atoms with Gasteiger partial charge in [0.15, 0.2) is 5.69 Å². The Morgan fingerprint density at radius 3 is 2.85 bits per heavy atom. The quantitative estimate of drug-likeness (QED) is 0.883. The lowest BCUT2D eigenvalue weighted by molar-refractivity contribution is 0.0940. The molecule has 1 aromatic carbocycles. The van der Waals surface area contributed by atoms with Crippen molar-refractivity contribution in [2.75, 3.05) is 0 Å². The Morgan fingerprint density at radius 1 is 1.31 bits per heavy atom. The average molecular weight is 357 g/mol. The summed E-state index contributed by atoms with van der Waals surface area (Å²) >= 11 is 0. The second-order valence-electron chi connectivity index (χ2n) is 7.12. The molecule has 0 saturated heterocycles. The Labute approximate surface area is 149 Å². The Morgan fingerprint density at radius 2 is 2.08 bits per heavy atom. The van der Waals surface area contributed by atoms with Crippen LogP contribution in [0.15, 0.2) is 29.1 Å². The fraction of sp³-hybridized carbons (Fsp3) is 0.421. The maximum absolute atomic E-state index is 12.9. The number of aromatic nitrogens is 2. The predicted molar refractivity (Wildman–Crippen MR) is 92.4 cm³/mol. The number of carbonyl (C=O) groups is 1. The molecular formula is C19H20FN3O3. The van der Waals surface area contributed by atoms with Crippen LogP contribution in [0.4, 0.5) is 4.39 Å². The summed E-state index contributed by atoms with van der Waals surface area (Å²) in [6.45, 7) is 0.715. The van der Waals surface area contributed by atoms with Crippen LogP contribution in [-0.2, 0) is 13.1 Å². The first kappa shape index (κ1) is 16.8. The van der Waals surface area contributed by atoms with Crippen LogP contribution >= 0.6 is 0 Å². The second kappa shape index (κ2) is 6.55. The second-order valence-corrected chi connectivity index (χ2v) is 7.12. The molecule has 2 N–H and O–H groups in total. The smallest absolute Gasteiger partial charge is 0.296 e. The van der Waals surface area contributed by atoms with Crippen molar-refractivity contribution in [2.24, 2.45) is 5.92 Å². The number of nitrogens with one attached hydrogen (secondary N) is 1. The van der Waals surface area contributed by atoms with Gasteiger partial charge in [0.1, 0.15) is 11.6 Å². The lowest BCUT2D eigenvalue weighted by Gasteiger charge is -2.36. The Balaban J connectivity index is 1.60. The molecule has 26 heavy (non-hydrogen) atoms. The predicted octanol–water partition coefficient (Wildman–Crippen LogP) is 2.31. The van der Waals surface area contributed by atoms with Crippen LogP contribution in [-0.4, -0.2) is 20.6 Å². The molecule has 2 unspecified atom stereocenters. The van der Waals surface area contributed by atoms with Gasteiger partial charge in [0.2, 0.25) is 5.75 Å². The first-order valence-electron chi connectivity index (χ1n) is 8.89. The van der Waals surface area contributed by atoms with Gasteiger partial charge in [0.25, 0.3) is 11.5 Å². The zero-order valence-corrected chi connectivity index (χ0v) is 14.2. The molecule has 2 atom stereocenters. The largest absolute Gasteiger partial charge is 0.501 e. The van der Waals surface area contributed by atoms with E-state index in [9.17, 15) is 19.1 Å². The van der Waals surface area contributed by atoms with E-state index >= 15 is 0 Å². The van der Waals surface area contributed by atoms with E-state index in [2.05, 4.69) is 10.3 Å². The number of nitrogens with zero attached hydrogens (tertiary/aromatic N) is 2. The number of carbonyl (C=O) groups excluding carboxylic acids is 1. The molecular weight excluding hydrogens is 337 g/mol. The SMILES string of the molecule is O=C(NCc1ccc(F)cc1)c1nc2n(c(=O)c1O)CC1CCCC2C1. The Kier molecular flexibility index (Phi) is 4.22. The molecule has 1 aliphatic carbocycles. The molecule has 1 aromatic heterocycles. The highest BCUT2D eigenvalue weighted by Gasteiger charge is 2.34.